The van der Waals surface area contributed by atoms with E-state index >= 15 is 0 Å². The molecule has 1 fully saturated rings. The van der Waals surface area contributed by atoms with E-state index in [0.29, 0.717) is 0 Å². The molecule has 3 nitrogen and oxygen atoms in total. The van der Waals surface area contributed by atoms with Crippen molar-refractivity contribution in [2.75, 3.05) is 18.0 Å². The van der Waals surface area contributed by atoms with E-state index in [1.807, 2.05) is 11.6 Å². The fourth-order valence-electron chi connectivity index (χ4n) is 3.00. The largest absolute Gasteiger partial charge is 1.00 e. The van der Waals surface area contributed by atoms with Gasteiger partial charge in [0.15, 0.2) is 12.4 Å². The first-order valence-electron chi connectivity index (χ1n) is 8.24. The summed E-state index contributed by atoms with van der Waals surface area (Å²) in [5, 5.41) is 0. The van der Waals surface area contributed by atoms with Gasteiger partial charge in [-0.05, 0) is 37.1 Å². The summed E-state index contributed by atoms with van der Waals surface area (Å²) in [5.41, 5.74) is 3.70. The first-order valence-corrected chi connectivity index (χ1v) is 8.24. The van der Waals surface area contributed by atoms with Gasteiger partial charge in [-0.3, -0.25) is 0 Å². The van der Waals surface area contributed by atoms with Gasteiger partial charge in [0.05, 0.1) is 12.2 Å². The number of halogens is 1. The van der Waals surface area contributed by atoms with E-state index in [0.717, 1.165) is 13.1 Å². The van der Waals surface area contributed by atoms with Gasteiger partial charge in [0.25, 0.3) is 0 Å². The molecule has 1 aromatic carbocycles. The minimum Gasteiger partial charge on any atom is -1.00 e. The van der Waals surface area contributed by atoms with Crippen molar-refractivity contribution < 1.29 is 33.3 Å². The standard InChI is InChI=1S/C20H25N2O.HI/c1-16-14-22(15-17(2)23-16)20-8-6-18(7-9-20)4-5-19-10-12-21(3)13-11-19;/h4-13,16-17H,14-15H2,1-3H3;1H/q+1;/p-1. The van der Waals surface area contributed by atoms with Crippen molar-refractivity contribution in [3.05, 3.63) is 59.9 Å². The van der Waals surface area contributed by atoms with Crippen LogP contribution in [0.5, 0.6) is 0 Å². The van der Waals surface area contributed by atoms with Gasteiger partial charge >= 0.3 is 0 Å². The van der Waals surface area contributed by atoms with Crippen LogP contribution in [0.1, 0.15) is 25.0 Å². The smallest absolute Gasteiger partial charge is 0.169 e. The maximum atomic E-state index is 5.80. The Kier molecular flexibility index (Phi) is 6.80. The summed E-state index contributed by atoms with van der Waals surface area (Å²) < 4.78 is 7.84. The molecule has 0 N–H and O–H groups in total. The van der Waals surface area contributed by atoms with Crippen LogP contribution < -0.4 is 33.4 Å². The van der Waals surface area contributed by atoms with Crippen molar-refractivity contribution in [1.29, 1.82) is 0 Å². The zero-order chi connectivity index (χ0) is 16.2. The van der Waals surface area contributed by atoms with Crippen molar-refractivity contribution in [3.63, 3.8) is 0 Å². The van der Waals surface area contributed by atoms with E-state index in [1.54, 1.807) is 0 Å². The minimum absolute atomic E-state index is 0. The van der Waals surface area contributed by atoms with E-state index in [2.05, 4.69) is 79.7 Å². The van der Waals surface area contributed by atoms with Crippen LogP contribution in [0.3, 0.4) is 0 Å². The molecule has 0 amide bonds. The quantitative estimate of drug-likeness (QED) is 0.509. The first-order chi connectivity index (χ1) is 11.1. The van der Waals surface area contributed by atoms with Gasteiger partial charge in [0.1, 0.15) is 7.05 Å². The molecule has 4 heteroatoms. The molecule has 2 aromatic rings. The number of aromatic nitrogens is 1. The highest BCUT2D eigenvalue weighted by atomic mass is 127. The lowest BCUT2D eigenvalue weighted by molar-refractivity contribution is -0.671. The fraction of sp³-hybridized carbons (Fsp3) is 0.350. The van der Waals surface area contributed by atoms with Crippen LogP contribution in [0, 0.1) is 0 Å². The van der Waals surface area contributed by atoms with Crippen LogP contribution >= 0.6 is 0 Å². The topological polar surface area (TPSA) is 16.4 Å². The molecule has 1 aliphatic heterocycles. The Labute approximate surface area is 162 Å². The zero-order valence-corrected chi connectivity index (χ0v) is 16.7. The summed E-state index contributed by atoms with van der Waals surface area (Å²) in [6.07, 6.45) is 9.00. The highest BCUT2D eigenvalue weighted by Gasteiger charge is 2.22. The van der Waals surface area contributed by atoms with Crippen LogP contribution in [0.25, 0.3) is 12.2 Å². The van der Waals surface area contributed by atoms with Gasteiger partial charge < -0.3 is 33.6 Å². The Bertz CT molecular complexity index is 657. The van der Waals surface area contributed by atoms with Gasteiger partial charge in [-0.2, -0.15) is 0 Å². The Hall–Kier alpha value is -1.40. The molecule has 1 aromatic heterocycles. The maximum absolute atomic E-state index is 5.80. The van der Waals surface area contributed by atoms with Crippen molar-refractivity contribution in [2.45, 2.75) is 26.1 Å². The molecule has 0 saturated carbocycles. The van der Waals surface area contributed by atoms with Gasteiger partial charge in [-0.1, -0.05) is 24.3 Å². The predicted molar refractivity (Wildman–Crippen MR) is 95.2 cm³/mol. The van der Waals surface area contributed by atoms with Gasteiger partial charge in [-0.25, -0.2) is 4.57 Å². The summed E-state index contributed by atoms with van der Waals surface area (Å²) in [6, 6.07) is 13.0. The Balaban J connectivity index is 0.00000208. The van der Waals surface area contributed by atoms with E-state index in [-0.39, 0.29) is 36.2 Å². The first kappa shape index (κ1) is 18.9. The molecular weight excluding hydrogens is 411 g/mol. The average molecular weight is 436 g/mol. The van der Waals surface area contributed by atoms with Crippen LogP contribution in [0.15, 0.2) is 48.8 Å². The summed E-state index contributed by atoms with van der Waals surface area (Å²) in [5.74, 6) is 0. The average Bonchev–Trinajstić information content (AvgIpc) is 2.54. The third-order valence-electron chi connectivity index (χ3n) is 4.15. The molecule has 0 radical (unpaired) electrons. The highest BCUT2D eigenvalue weighted by Crippen LogP contribution is 2.21. The molecule has 1 saturated heterocycles. The van der Waals surface area contributed by atoms with Gasteiger partial charge in [0, 0.05) is 30.9 Å². The maximum Gasteiger partial charge on any atom is 0.169 e. The number of anilines is 1. The molecule has 2 heterocycles. The molecule has 0 aliphatic carbocycles. The molecule has 3 rings (SSSR count). The van der Waals surface area contributed by atoms with E-state index in [1.165, 1.54) is 16.8 Å². The predicted octanol–water partition coefficient (Wildman–Crippen LogP) is 0.299. The Morgan fingerprint density at radius 3 is 1.96 bits per heavy atom. The molecule has 128 valence electrons. The highest BCUT2D eigenvalue weighted by molar-refractivity contribution is 5.70. The van der Waals surface area contributed by atoms with Crippen molar-refractivity contribution in [2.24, 2.45) is 7.05 Å². The number of benzene rings is 1. The second kappa shape index (κ2) is 8.62. The third kappa shape index (κ3) is 5.05. The van der Waals surface area contributed by atoms with Crippen LogP contribution in [-0.2, 0) is 11.8 Å². The summed E-state index contributed by atoms with van der Waals surface area (Å²) in [6.45, 7) is 6.19. The number of pyridine rings is 1. The molecule has 2 unspecified atom stereocenters. The lowest BCUT2D eigenvalue weighted by Gasteiger charge is -2.36. The second-order valence-electron chi connectivity index (χ2n) is 6.38. The number of aryl methyl sites for hydroxylation is 1. The van der Waals surface area contributed by atoms with Gasteiger partial charge in [-0.15, -0.1) is 0 Å². The Morgan fingerprint density at radius 2 is 1.42 bits per heavy atom. The third-order valence-corrected chi connectivity index (χ3v) is 4.15. The van der Waals surface area contributed by atoms with Crippen molar-refractivity contribution in [3.8, 4) is 0 Å². The molecule has 0 bridgehead atoms. The Morgan fingerprint density at radius 1 is 0.917 bits per heavy atom. The van der Waals surface area contributed by atoms with E-state index < -0.39 is 0 Å². The van der Waals surface area contributed by atoms with Crippen molar-refractivity contribution >= 4 is 17.8 Å². The minimum atomic E-state index is 0. The fourth-order valence-corrected chi connectivity index (χ4v) is 3.00. The number of hydrogen-bond donors (Lipinski definition) is 0. The monoisotopic (exact) mass is 436 g/mol. The lowest BCUT2D eigenvalue weighted by Crippen LogP contribution is -3.00. The zero-order valence-electron chi connectivity index (χ0n) is 14.5. The van der Waals surface area contributed by atoms with Crippen LogP contribution in [-0.4, -0.2) is 25.3 Å². The second-order valence-corrected chi connectivity index (χ2v) is 6.38. The van der Waals surface area contributed by atoms with Crippen LogP contribution in [0.2, 0.25) is 0 Å². The number of nitrogens with zero attached hydrogens (tertiary/aromatic N) is 2. The SMILES string of the molecule is CC1CN(c2ccc(C=Cc3cc[n+](C)cc3)cc2)CC(C)O1.[I-]. The molecule has 2 atom stereocenters. The van der Waals surface area contributed by atoms with Crippen molar-refractivity contribution in [1.82, 2.24) is 0 Å². The van der Waals surface area contributed by atoms with E-state index in [4.69, 9.17) is 4.74 Å². The lowest BCUT2D eigenvalue weighted by atomic mass is 10.1. The van der Waals surface area contributed by atoms with E-state index in [9.17, 15) is 0 Å². The molecule has 24 heavy (non-hydrogen) atoms. The molecule has 0 spiro atoms. The normalized spacial score (nSPS) is 20.9. The number of hydrogen-bond acceptors (Lipinski definition) is 2. The molecular formula is C20H25IN2O. The van der Waals surface area contributed by atoms with Crippen LogP contribution in [0.4, 0.5) is 5.69 Å². The summed E-state index contributed by atoms with van der Waals surface area (Å²) in [7, 11) is 2.03. The number of rotatable bonds is 3. The number of ether oxygens (including phenoxy) is 1. The molecule has 1 aliphatic rings. The summed E-state index contributed by atoms with van der Waals surface area (Å²) >= 11 is 0. The summed E-state index contributed by atoms with van der Waals surface area (Å²) in [4.78, 5) is 2.41. The van der Waals surface area contributed by atoms with Gasteiger partial charge in [0.2, 0.25) is 0 Å². The number of morpholine rings is 1.